The standard InChI is InChI=1S/C14H22ClN3/c1-10-11(2)14(17-16-13(10)15)18(3)9-12-7-5-4-6-8-12/h12H,4-9H2,1-3H3. The fraction of sp³-hybridized carbons (Fsp3) is 0.714. The largest absolute Gasteiger partial charge is 0.358 e. The third-order valence-electron chi connectivity index (χ3n) is 4.06. The molecule has 0 unspecified atom stereocenters. The van der Waals surface area contributed by atoms with Gasteiger partial charge in [0.25, 0.3) is 0 Å². The molecule has 1 saturated carbocycles. The summed E-state index contributed by atoms with van der Waals surface area (Å²) in [6.07, 6.45) is 6.86. The molecule has 0 radical (unpaired) electrons. The Morgan fingerprint density at radius 2 is 1.78 bits per heavy atom. The van der Waals surface area contributed by atoms with Gasteiger partial charge >= 0.3 is 0 Å². The maximum atomic E-state index is 5.99. The second-order valence-electron chi connectivity index (χ2n) is 5.45. The van der Waals surface area contributed by atoms with Gasteiger partial charge in [-0.05, 0) is 43.7 Å². The van der Waals surface area contributed by atoms with E-state index in [0.717, 1.165) is 29.4 Å². The molecule has 1 aromatic heterocycles. The summed E-state index contributed by atoms with van der Waals surface area (Å²) < 4.78 is 0. The van der Waals surface area contributed by atoms with Crippen LogP contribution in [-0.2, 0) is 0 Å². The number of aromatic nitrogens is 2. The van der Waals surface area contributed by atoms with Crippen LogP contribution >= 0.6 is 11.6 Å². The van der Waals surface area contributed by atoms with Gasteiger partial charge in [-0.15, -0.1) is 10.2 Å². The normalized spacial score (nSPS) is 16.9. The lowest BCUT2D eigenvalue weighted by atomic mass is 9.89. The van der Waals surface area contributed by atoms with Crippen LogP contribution in [0.1, 0.15) is 43.2 Å². The summed E-state index contributed by atoms with van der Waals surface area (Å²) in [6, 6.07) is 0. The van der Waals surface area contributed by atoms with Crippen LogP contribution in [0.3, 0.4) is 0 Å². The van der Waals surface area contributed by atoms with Crippen molar-refractivity contribution in [2.45, 2.75) is 46.0 Å². The van der Waals surface area contributed by atoms with Gasteiger partial charge in [0.1, 0.15) is 0 Å². The number of hydrogen-bond donors (Lipinski definition) is 0. The molecule has 0 aliphatic heterocycles. The Kier molecular flexibility index (Phi) is 4.44. The van der Waals surface area contributed by atoms with Crippen molar-refractivity contribution in [1.82, 2.24) is 10.2 Å². The number of hydrogen-bond acceptors (Lipinski definition) is 3. The van der Waals surface area contributed by atoms with Crippen molar-refractivity contribution in [1.29, 1.82) is 0 Å². The fourth-order valence-electron chi connectivity index (χ4n) is 2.77. The van der Waals surface area contributed by atoms with Crippen molar-refractivity contribution < 1.29 is 0 Å². The monoisotopic (exact) mass is 267 g/mol. The van der Waals surface area contributed by atoms with Crippen LogP contribution in [0.5, 0.6) is 0 Å². The highest BCUT2D eigenvalue weighted by Gasteiger charge is 2.18. The number of nitrogens with zero attached hydrogens (tertiary/aromatic N) is 3. The van der Waals surface area contributed by atoms with E-state index in [1.54, 1.807) is 0 Å². The lowest BCUT2D eigenvalue weighted by Crippen LogP contribution is -2.28. The molecule has 1 fully saturated rings. The second kappa shape index (κ2) is 5.87. The van der Waals surface area contributed by atoms with Gasteiger partial charge in [0.05, 0.1) is 0 Å². The van der Waals surface area contributed by atoms with Gasteiger partial charge in [0.2, 0.25) is 0 Å². The average Bonchev–Trinajstić information content (AvgIpc) is 2.37. The smallest absolute Gasteiger partial charge is 0.155 e. The first-order valence-electron chi connectivity index (χ1n) is 6.80. The Morgan fingerprint density at radius 3 is 2.44 bits per heavy atom. The maximum Gasteiger partial charge on any atom is 0.155 e. The van der Waals surface area contributed by atoms with Gasteiger partial charge in [-0.3, -0.25) is 0 Å². The molecule has 18 heavy (non-hydrogen) atoms. The van der Waals surface area contributed by atoms with Crippen LogP contribution in [0.25, 0.3) is 0 Å². The Bertz CT molecular complexity index is 414. The molecule has 0 amide bonds. The van der Waals surface area contributed by atoms with E-state index in [2.05, 4.69) is 29.1 Å². The maximum absolute atomic E-state index is 5.99. The lowest BCUT2D eigenvalue weighted by Gasteiger charge is -2.28. The third kappa shape index (κ3) is 2.94. The van der Waals surface area contributed by atoms with E-state index < -0.39 is 0 Å². The quantitative estimate of drug-likeness (QED) is 0.835. The second-order valence-corrected chi connectivity index (χ2v) is 5.81. The van der Waals surface area contributed by atoms with Crippen molar-refractivity contribution in [3.63, 3.8) is 0 Å². The number of rotatable bonds is 3. The van der Waals surface area contributed by atoms with E-state index in [4.69, 9.17) is 11.6 Å². The Labute approximate surface area is 115 Å². The minimum Gasteiger partial charge on any atom is -0.358 e. The van der Waals surface area contributed by atoms with Crippen LogP contribution in [0.15, 0.2) is 0 Å². The molecule has 0 N–H and O–H groups in total. The molecule has 2 rings (SSSR count). The van der Waals surface area contributed by atoms with Gasteiger partial charge < -0.3 is 4.90 Å². The van der Waals surface area contributed by atoms with E-state index >= 15 is 0 Å². The Morgan fingerprint density at radius 1 is 1.11 bits per heavy atom. The highest BCUT2D eigenvalue weighted by molar-refractivity contribution is 6.30. The van der Waals surface area contributed by atoms with Crippen LogP contribution in [0, 0.1) is 19.8 Å². The zero-order chi connectivity index (χ0) is 13.1. The SMILES string of the molecule is Cc1c(Cl)nnc(N(C)CC2CCCCC2)c1C. The molecule has 1 aromatic rings. The first-order chi connectivity index (χ1) is 8.59. The first-order valence-corrected chi connectivity index (χ1v) is 7.18. The molecule has 4 heteroatoms. The Hall–Kier alpha value is -0.830. The zero-order valence-corrected chi connectivity index (χ0v) is 12.3. The summed E-state index contributed by atoms with van der Waals surface area (Å²) in [4.78, 5) is 2.24. The fourth-order valence-corrected chi connectivity index (χ4v) is 2.95. The minimum absolute atomic E-state index is 0.516. The molecule has 0 saturated heterocycles. The molecule has 0 aromatic carbocycles. The van der Waals surface area contributed by atoms with Crippen molar-refractivity contribution in [2.24, 2.45) is 5.92 Å². The molecule has 100 valence electrons. The predicted octanol–water partition coefficient (Wildman–Crippen LogP) is 3.76. The van der Waals surface area contributed by atoms with Gasteiger partial charge in [-0.25, -0.2) is 0 Å². The molecule has 0 atom stereocenters. The summed E-state index contributed by atoms with van der Waals surface area (Å²) in [7, 11) is 2.11. The number of halogens is 1. The summed E-state index contributed by atoms with van der Waals surface area (Å²) in [5, 5.41) is 8.79. The topological polar surface area (TPSA) is 29.0 Å². The average molecular weight is 268 g/mol. The van der Waals surface area contributed by atoms with Crippen molar-refractivity contribution in [3.8, 4) is 0 Å². The van der Waals surface area contributed by atoms with Crippen LogP contribution in [0.4, 0.5) is 5.82 Å². The summed E-state index contributed by atoms with van der Waals surface area (Å²) in [6.45, 7) is 5.16. The highest BCUT2D eigenvalue weighted by atomic mass is 35.5. The lowest BCUT2D eigenvalue weighted by molar-refractivity contribution is 0.361. The van der Waals surface area contributed by atoms with Crippen LogP contribution in [0.2, 0.25) is 5.15 Å². The van der Waals surface area contributed by atoms with Gasteiger partial charge in [-0.2, -0.15) is 0 Å². The molecule has 0 spiro atoms. The number of anilines is 1. The molecule has 3 nitrogen and oxygen atoms in total. The first kappa shape index (κ1) is 13.6. The van der Waals surface area contributed by atoms with E-state index in [0.29, 0.717) is 5.15 Å². The summed E-state index contributed by atoms with van der Waals surface area (Å²) in [5.74, 6) is 1.78. The van der Waals surface area contributed by atoms with Crippen molar-refractivity contribution >= 4 is 17.4 Å². The molecule has 1 heterocycles. The van der Waals surface area contributed by atoms with Crippen LogP contribution in [-0.4, -0.2) is 23.8 Å². The zero-order valence-electron chi connectivity index (χ0n) is 11.5. The molecule has 0 bridgehead atoms. The van der Waals surface area contributed by atoms with Gasteiger partial charge in [-0.1, -0.05) is 30.9 Å². The minimum atomic E-state index is 0.516. The van der Waals surface area contributed by atoms with E-state index in [1.807, 2.05) is 6.92 Å². The van der Waals surface area contributed by atoms with Gasteiger partial charge in [0, 0.05) is 13.6 Å². The Balaban J connectivity index is 2.08. The third-order valence-corrected chi connectivity index (χ3v) is 4.42. The molecule has 1 aliphatic carbocycles. The molecular weight excluding hydrogens is 246 g/mol. The van der Waals surface area contributed by atoms with Crippen molar-refractivity contribution in [2.75, 3.05) is 18.5 Å². The summed E-state index contributed by atoms with van der Waals surface area (Å²) >= 11 is 5.99. The van der Waals surface area contributed by atoms with Crippen LogP contribution < -0.4 is 4.90 Å². The van der Waals surface area contributed by atoms with E-state index in [9.17, 15) is 0 Å². The molecular formula is C14H22ClN3. The van der Waals surface area contributed by atoms with Crippen molar-refractivity contribution in [3.05, 3.63) is 16.3 Å². The highest BCUT2D eigenvalue weighted by Crippen LogP contribution is 2.27. The summed E-state index contributed by atoms with van der Waals surface area (Å²) in [5.41, 5.74) is 2.19. The predicted molar refractivity (Wildman–Crippen MR) is 76.4 cm³/mol. The van der Waals surface area contributed by atoms with E-state index in [-0.39, 0.29) is 0 Å². The van der Waals surface area contributed by atoms with Gasteiger partial charge in [0.15, 0.2) is 11.0 Å². The molecule has 1 aliphatic rings. The van der Waals surface area contributed by atoms with E-state index in [1.165, 1.54) is 32.1 Å².